The first-order chi connectivity index (χ1) is 17.8. The summed E-state index contributed by atoms with van der Waals surface area (Å²) in [6.45, 7) is 4.13. The molecule has 1 aliphatic heterocycles. The molecular weight excluding hydrogens is 476 g/mol. The Morgan fingerprint density at radius 3 is 2.43 bits per heavy atom. The molecule has 0 spiro atoms. The van der Waals surface area contributed by atoms with Crippen LogP contribution in [0.2, 0.25) is 0 Å². The molecule has 5 rings (SSSR count). The number of nitrogens with zero attached hydrogens (tertiary/aromatic N) is 1. The third-order valence-corrected chi connectivity index (χ3v) is 6.49. The van der Waals surface area contributed by atoms with E-state index in [1.54, 1.807) is 30.3 Å². The lowest BCUT2D eigenvalue weighted by atomic mass is 9.91. The molecule has 0 aliphatic carbocycles. The number of amides is 1. The van der Waals surface area contributed by atoms with E-state index in [9.17, 15) is 23.5 Å². The number of aliphatic hydroxyl groups excluding tert-OH is 1. The van der Waals surface area contributed by atoms with Gasteiger partial charge >= 0.3 is 0 Å². The molecule has 0 saturated carbocycles. The highest BCUT2D eigenvalue weighted by atomic mass is 19.2. The van der Waals surface area contributed by atoms with E-state index in [0.717, 1.165) is 33.4 Å². The molecule has 0 bridgehead atoms. The van der Waals surface area contributed by atoms with Crippen molar-refractivity contribution in [2.45, 2.75) is 19.9 Å². The Balaban J connectivity index is 1.77. The van der Waals surface area contributed by atoms with Crippen LogP contribution in [-0.4, -0.2) is 23.4 Å². The Labute approximate surface area is 212 Å². The Bertz CT molecular complexity index is 1590. The maximum atomic E-state index is 14.2. The molecule has 4 aromatic carbocycles. The number of ether oxygens (including phenoxy) is 1. The predicted molar refractivity (Wildman–Crippen MR) is 137 cm³/mol. The van der Waals surface area contributed by atoms with Crippen LogP contribution in [0.15, 0.2) is 84.4 Å². The Morgan fingerprint density at radius 1 is 0.946 bits per heavy atom. The number of carbonyl (C=O) groups excluding carboxylic acids is 2. The van der Waals surface area contributed by atoms with E-state index in [0.29, 0.717) is 23.5 Å². The van der Waals surface area contributed by atoms with Crippen LogP contribution in [0.5, 0.6) is 5.75 Å². The summed E-state index contributed by atoms with van der Waals surface area (Å²) in [6.07, 6.45) is 0. The fourth-order valence-electron chi connectivity index (χ4n) is 4.79. The van der Waals surface area contributed by atoms with Crippen molar-refractivity contribution in [2.75, 3.05) is 11.5 Å². The number of ketones is 1. The largest absolute Gasteiger partial charge is 0.507 e. The number of hydrogen-bond donors (Lipinski definition) is 1. The molecule has 186 valence electrons. The van der Waals surface area contributed by atoms with Crippen molar-refractivity contribution in [1.29, 1.82) is 0 Å². The number of hydrogen-bond acceptors (Lipinski definition) is 4. The molecule has 7 heteroatoms. The average molecular weight is 500 g/mol. The number of carbonyl (C=O) groups is 2. The summed E-state index contributed by atoms with van der Waals surface area (Å²) in [5.74, 6) is -3.84. The van der Waals surface area contributed by atoms with Crippen molar-refractivity contribution >= 4 is 33.9 Å². The van der Waals surface area contributed by atoms with Crippen molar-refractivity contribution in [3.63, 3.8) is 0 Å². The van der Waals surface area contributed by atoms with E-state index >= 15 is 0 Å². The second kappa shape index (κ2) is 9.50. The summed E-state index contributed by atoms with van der Waals surface area (Å²) in [7, 11) is 0. The third kappa shape index (κ3) is 4.12. The average Bonchev–Trinajstić information content (AvgIpc) is 3.16. The summed E-state index contributed by atoms with van der Waals surface area (Å²) >= 11 is 0. The van der Waals surface area contributed by atoms with E-state index in [1.165, 1.54) is 6.07 Å². The van der Waals surface area contributed by atoms with Gasteiger partial charge in [0.1, 0.15) is 11.5 Å². The van der Waals surface area contributed by atoms with Crippen LogP contribution < -0.4 is 9.64 Å². The minimum absolute atomic E-state index is 0.000795. The van der Waals surface area contributed by atoms with Gasteiger partial charge in [0.2, 0.25) is 0 Å². The lowest BCUT2D eigenvalue weighted by molar-refractivity contribution is -0.132. The third-order valence-electron chi connectivity index (χ3n) is 6.49. The van der Waals surface area contributed by atoms with Crippen LogP contribution in [0.25, 0.3) is 16.5 Å². The van der Waals surface area contributed by atoms with Gasteiger partial charge in [0, 0.05) is 17.3 Å². The Morgan fingerprint density at radius 2 is 1.70 bits per heavy atom. The lowest BCUT2D eigenvalue weighted by Crippen LogP contribution is -2.29. The lowest BCUT2D eigenvalue weighted by Gasteiger charge is -2.26. The zero-order chi connectivity index (χ0) is 26.3. The van der Waals surface area contributed by atoms with Gasteiger partial charge in [-0.05, 0) is 66.1 Å². The summed E-state index contributed by atoms with van der Waals surface area (Å²) < 4.78 is 33.5. The molecule has 1 unspecified atom stereocenters. The summed E-state index contributed by atoms with van der Waals surface area (Å²) in [4.78, 5) is 27.9. The van der Waals surface area contributed by atoms with Crippen LogP contribution in [0.1, 0.15) is 29.7 Å². The molecular formula is C30H23F2NO4. The maximum absolute atomic E-state index is 14.2. The Kier molecular flexibility index (Phi) is 6.21. The molecule has 1 N–H and O–H groups in total. The summed E-state index contributed by atoms with van der Waals surface area (Å²) in [6, 6.07) is 19.7. The summed E-state index contributed by atoms with van der Waals surface area (Å²) in [5, 5.41) is 13.0. The fourth-order valence-corrected chi connectivity index (χ4v) is 4.79. The first-order valence-corrected chi connectivity index (χ1v) is 11.8. The van der Waals surface area contributed by atoms with Crippen molar-refractivity contribution < 1.29 is 28.2 Å². The van der Waals surface area contributed by atoms with Crippen LogP contribution >= 0.6 is 0 Å². The molecule has 4 aromatic rings. The van der Waals surface area contributed by atoms with Crippen molar-refractivity contribution in [3.05, 3.63) is 113 Å². The topological polar surface area (TPSA) is 66.8 Å². The standard InChI is InChI=1S/C30H23F2NO4/c1-3-37-25-14-11-19(15-17(25)2)28(34)26-27(22-10-6-8-18-7-4-5-9-21(18)22)33(30(36)29(26)35)20-12-13-23(31)24(32)16-20/h4-16,27,34H,3H2,1-2H3/b28-26-. The van der Waals surface area contributed by atoms with Gasteiger partial charge in [-0.15, -0.1) is 0 Å². The molecule has 0 aromatic heterocycles. The molecule has 1 amide bonds. The monoisotopic (exact) mass is 499 g/mol. The minimum atomic E-state index is -1.15. The number of halogens is 2. The van der Waals surface area contributed by atoms with Gasteiger partial charge in [0.15, 0.2) is 11.6 Å². The van der Waals surface area contributed by atoms with Crippen LogP contribution in [0.4, 0.5) is 14.5 Å². The highest BCUT2D eigenvalue weighted by molar-refractivity contribution is 6.51. The molecule has 5 nitrogen and oxygen atoms in total. The van der Waals surface area contributed by atoms with E-state index in [-0.39, 0.29) is 17.0 Å². The van der Waals surface area contributed by atoms with Gasteiger partial charge in [-0.2, -0.15) is 0 Å². The SMILES string of the molecule is CCOc1ccc(/C(O)=C2/C(=O)C(=O)N(c3ccc(F)c(F)c3)C2c2cccc3ccccc23)cc1C. The van der Waals surface area contributed by atoms with E-state index in [2.05, 4.69) is 0 Å². The van der Waals surface area contributed by atoms with E-state index < -0.39 is 29.4 Å². The van der Waals surface area contributed by atoms with Gasteiger partial charge in [0.05, 0.1) is 18.2 Å². The van der Waals surface area contributed by atoms with E-state index in [1.807, 2.05) is 44.2 Å². The fraction of sp³-hybridized carbons (Fsp3) is 0.133. The van der Waals surface area contributed by atoms with Crippen LogP contribution in [0, 0.1) is 18.6 Å². The number of Topliss-reactive ketones (excluding diaryl/α,β-unsaturated/α-hetero) is 1. The quantitative estimate of drug-likeness (QED) is 0.195. The number of anilines is 1. The maximum Gasteiger partial charge on any atom is 0.300 e. The number of aryl methyl sites for hydroxylation is 1. The molecule has 37 heavy (non-hydrogen) atoms. The normalized spacial score (nSPS) is 17.0. The second-order valence-corrected chi connectivity index (χ2v) is 8.75. The second-order valence-electron chi connectivity index (χ2n) is 8.75. The van der Waals surface area contributed by atoms with Gasteiger partial charge in [-0.1, -0.05) is 42.5 Å². The van der Waals surface area contributed by atoms with Crippen LogP contribution in [0.3, 0.4) is 0 Å². The number of aliphatic hydroxyl groups is 1. The molecule has 0 radical (unpaired) electrons. The Hall–Kier alpha value is -4.52. The molecule has 1 saturated heterocycles. The predicted octanol–water partition coefficient (Wildman–Crippen LogP) is 6.45. The molecule has 1 heterocycles. The van der Waals surface area contributed by atoms with Crippen LogP contribution in [-0.2, 0) is 9.59 Å². The number of benzene rings is 4. The minimum Gasteiger partial charge on any atom is -0.507 e. The smallest absolute Gasteiger partial charge is 0.300 e. The zero-order valence-corrected chi connectivity index (χ0v) is 20.2. The highest BCUT2D eigenvalue weighted by Gasteiger charge is 2.47. The van der Waals surface area contributed by atoms with Gasteiger partial charge in [0.25, 0.3) is 11.7 Å². The first-order valence-electron chi connectivity index (χ1n) is 11.8. The molecule has 1 fully saturated rings. The van der Waals surface area contributed by atoms with Crippen molar-refractivity contribution in [2.24, 2.45) is 0 Å². The van der Waals surface area contributed by atoms with Gasteiger partial charge in [-0.25, -0.2) is 8.78 Å². The van der Waals surface area contributed by atoms with Gasteiger partial charge in [-0.3, -0.25) is 14.5 Å². The number of rotatable bonds is 5. The van der Waals surface area contributed by atoms with E-state index in [4.69, 9.17) is 4.74 Å². The van der Waals surface area contributed by atoms with Gasteiger partial charge < -0.3 is 9.84 Å². The number of fused-ring (bicyclic) bond motifs is 1. The molecule has 1 atom stereocenters. The van der Waals surface area contributed by atoms with Crippen molar-refractivity contribution in [3.8, 4) is 5.75 Å². The summed E-state index contributed by atoms with van der Waals surface area (Å²) in [5.41, 5.74) is 1.48. The highest BCUT2D eigenvalue weighted by Crippen LogP contribution is 2.44. The zero-order valence-electron chi connectivity index (χ0n) is 20.2. The van der Waals surface area contributed by atoms with Crippen molar-refractivity contribution in [1.82, 2.24) is 0 Å². The first kappa shape index (κ1) is 24.2. The molecule has 1 aliphatic rings.